The summed E-state index contributed by atoms with van der Waals surface area (Å²) in [5.74, 6) is -1.55. The second-order valence-corrected chi connectivity index (χ2v) is 8.15. The summed E-state index contributed by atoms with van der Waals surface area (Å²) in [5.41, 5.74) is 1.83. The van der Waals surface area contributed by atoms with Crippen molar-refractivity contribution in [2.75, 3.05) is 5.32 Å². The van der Waals surface area contributed by atoms with Gasteiger partial charge in [-0.1, -0.05) is 30.7 Å². The van der Waals surface area contributed by atoms with E-state index >= 15 is 0 Å². The number of carbonyl (C=O) groups is 2. The Kier molecular flexibility index (Phi) is 6.60. The number of halogens is 3. The standard InChI is InChI=1S/C25H21ClF2N2O3/c1-2-22-25(32)30(13-15-9-17(27)12-18(28)10-15)14-16-11-19(7-8-23(16)33-22)29-24(31)20-5-3-4-6-21(20)26/h3-12,22H,2,13-14H2,1H3,(H,29,31)/t22-/m1/s1. The molecule has 0 radical (unpaired) electrons. The van der Waals surface area contributed by atoms with E-state index in [1.54, 1.807) is 42.5 Å². The number of nitrogens with one attached hydrogen (secondary N) is 1. The largest absolute Gasteiger partial charge is 0.480 e. The molecule has 0 aromatic heterocycles. The van der Waals surface area contributed by atoms with E-state index < -0.39 is 17.7 Å². The molecule has 8 heteroatoms. The zero-order valence-corrected chi connectivity index (χ0v) is 18.5. The smallest absolute Gasteiger partial charge is 0.264 e. The van der Waals surface area contributed by atoms with Crippen molar-refractivity contribution in [3.8, 4) is 5.75 Å². The third-order valence-electron chi connectivity index (χ3n) is 5.32. The second-order valence-electron chi connectivity index (χ2n) is 7.74. The van der Waals surface area contributed by atoms with Gasteiger partial charge in [0.15, 0.2) is 6.10 Å². The quantitative estimate of drug-likeness (QED) is 0.530. The number of ether oxygens (including phenoxy) is 1. The molecule has 0 unspecified atom stereocenters. The Hall–Kier alpha value is -3.45. The summed E-state index contributed by atoms with van der Waals surface area (Å²) in [6.45, 7) is 1.99. The van der Waals surface area contributed by atoms with Gasteiger partial charge in [0.05, 0.1) is 10.6 Å². The van der Waals surface area contributed by atoms with Crippen molar-refractivity contribution >= 4 is 29.1 Å². The maximum absolute atomic E-state index is 13.7. The molecule has 1 heterocycles. The van der Waals surface area contributed by atoms with Gasteiger partial charge in [-0.3, -0.25) is 9.59 Å². The number of hydrogen-bond donors (Lipinski definition) is 1. The van der Waals surface area contributed by atoms with E-state index in [0.717, 1.165) is 6.07 Å². The Morgan fingerprint density at radius 3 is 2.55 bits per heavy atom. The van der Waals surface area contributed by atoms with E-state index in [1.165, 1.54) is 17.0 Å². The summed E-state index contributed by atoms with van der Waals surface area (Å²) in [6, 6.07) is 15.0. The van der Waals surface area contributed by atoms with Gasteiger partial charge in [-0.05, 0) is 54.4 Å². The van der Waals surface area contributed by atoms with Crippen molar-refractivity contribution in [1.29, 1.82) is 0 Å². The number of rotatable bonds is 5. The first-order valence-corrected chi connectivity index (χ1v) is 10.8. The molecule has 0 aliphatic carbocycles. The average Bonchev–Trinajstić information content (AvgIpc) is 2.89. The van der Waals surface area contributed by atoms with E-state index in [9.17, 15) is 18.4 Å². The third-order valence-corrected chi connectivity index (χ3v) is 5.65. The molecule has 3 aromatic rings. The number of anilines is 1. The molecule has 1 aliphatic heterocycles. The summed E-state index contributed by atoms with van der Waals surface area (Å²) in [6.07, 6.45) is -0.301. The second kappa shape index (κ2) is 9.58. The summed E-state index contributed by atoms with van der Waals surface area (Å²) < 4.78 is 33.3. The zero-order valence-electron chi connectivity index (χ0n) is 17.8. The minimum Gasteiger partial charge on any atom is -0.480 e. The van der Waals surface area contributed by atoms with Gasteiger partial charge in [0.1, 0.15) is 17.4 Å². The number of amides is 2. The predicted octanol–water partition coefficient (Wildman–Crippen LogP) is 5.57. The van der Waals surface area contributed by atoms with E-state index in [2.05, 4.69) is 5.32 Å². The van der Waals surface area contributed by atoms with Gasteiger partial charge >= 0.3 is 0 Å². The summed E-state index contributed by atoms with van der Waals surface area (Å²) in [7, 11) is 0. The lowest BCUT2D eigenvalue weighted by molar-refractivity contribution is -0.139. The molecule has 0 saturated carbocycles. The molecule has 5 nitrogen and oxygen atoms in total. The summed E-state index contributed by atoms with van der Waals surface area (Å²) >= 11 is 6.11. The number of nitrogens with zero attached hydrogens (tertiary/aromatic N) is 1. The molecule has 0 saturated heterocycles. The van der Waals surface area contributed by atoms with Gasteiger partial charge < -0.3 is 15.0 Å². The minimum atomic E-state index is -0.728. The highest BCUT2D eigenvalue weighted by Crippen LogP contribution is 2.31. The fourth-order valence-electron chi connectivity index (χ4n) is 3.74. The highest BCUT2D eigenvalue weighted by Gasteiger charge is 2.30. The normalized spacial score (nSPS) is 15.5. The van der Waals surface area contributed by atoms with Crippen LogP contribution in [0.25, 0.3) is 0 Å². The van der Waals surface area contributed by atoms with Crippen molar-refractivity contribution in [1.82, 2.24) is 4.90 Å². The molecule has 0 bridgehead atoms. The Morgan fingerprint density at radius 2 is 1.85 bits per heavy atom. The zero-order chi connectivity index (χ0) is 23.5. The highest BCUT2D eigenvalue weighted by atomic mass is 35.5. The number of carbonyl (C=O) groups excluding carboxylic acids is 2. The molecular weight excluding hydrogens is 450 g/mol. The molecule has 33 heavy (non-hydrogen) atoms. The maximum atomic E-state index is 13.7. The molecular formula is C25H21ClF2N2O3. The first kappa shape index (κ1) is 22.7. The molecule has 1 aliphatic rings. The molecule has 1 atom stereocenters. The van der Waals surface area contributed by atoms with Crippen LogP contribution in [0.1, 0.15) is 34.8 Å². The molecule has 0 spiro atoms. The van der Waals surface area contributed by atoms with Crippen LogP contribution in [0.4, 0.5) is 14.5 Å². The Morgan fingerprint density at radius 1 is 1.12 bits per heavy atom. The summed E-state index contributed by atoms with van der Waals surface area (Å²) in [5, 5.41) is 3.14. The fraction of sp³-hybridized carbons (Fsp3) is 0.200. The first-order chi connectivity index (χ1) is 15.8. The average molecular weight is 471 g/mol. The highest BCUT2D eigenvalue weighted by molar-refractivity contribution is 6.34. The predicted molar refractivity (Wildman–Crippen MR) is 121 cm³/mol. The molecule has 0 fully saturated rings. The number of benzene rings is 3. The van der Waals surface area contributed by atoms with Crippen LogP contribution in [0.5, 0.6) is 5.75 Å². The Balaban J connectivity index is 1.61. The Bertz CT molecular complexity index is 1200. The van der Waals surface area contributed by atoms with Crippen molar-refractivity contribution in [3.63, 3.8) is 0 Å². The summed E-state index contributed by atoms with van der Waals surface area (Å²) in [4.78, 5) is 27.2. The Labute approximate surface area is 194 Å². The SMILES string of the molecule is CC[C@H]1Oc2ccc(NC(=O)c3ccccc3Cl)cc2CN(Cc2cc(F)cc(F)c2)C1=O. The lowest BCUT2D eigenvalue weighted by Crippen LogP contribution is -2.38. The number of hydrogen-bond acceptors (Lipinski definition) is 3. The minimum absolute atomic E-state index is 0.0169. The van der Waals surface area contributed by atoms with Crippen LogP contribution in [0.2, 0.25) is 5.02 Å². The lowest BCUT2D eigenvalue weighted by atomic mass is 10.1. The van der Waals surface area contributed by atoms with E-state index in [-0.39, 0.29) is 24.9 Å². The van der Waals surface area contributed by atoms with Crippen LogP contribution < -0.4 is 10.1 Å². The fourth-order valence-corrected chi connectivity index (χ4v) is 3.97. The van der Waals surface area contributed by atoms with Gasteiger partial charge in [0, 0.05) is 30.4 Å². The van der Waals surface area contributed by atoms with Crippen LogP contribution >= 0.6 is 11.6 Å². The van der Waals surface area contributed by atoms with E-state index in [0.29, 0.717) is 39.6 Å². The lowest BCUT2D eigenvalue weighted by Gasteiger charge is -2.23. The van der Waals surface area contributed by atoms with Crippen molar-refractivity contribution in [2.24, 2.45) is 0 Å². The van der Waals surface area contributed by atoms with Crippen LogP contribution in [-0.4, -0.2) is 22.8 Å². The van der Waals surface area contributed by atoms with Crippen molar-refractivity contribution < 1.29 is 23.1 Å². The van der Waals surface area contributed by atoms with Crippen LogP contribution in [0.3, 0.4) is 0 Å². The van der Waals surface area contributed by atoms with Crippen molar-refractivity contribution in [2.45, 2.75) is 32.5 Å². The molecule has 170 valence electrons. The first-order valence-electron chi connectivity index (χ1n) is 10.4. The van der Waals surface area contributed by atoms with Crippen LogP contribution in [0, 0.1) is 11.6 Å². The van der Waals surface area contributed by atoms with Crippen LogP contribution in [-0.2, 0) is 17.9 Å². The van der Waals surface area contributed by atoms with Crippen LogP contribution in [0.15, 0.2) is 60.7 Å². The van der Waals surface area contributed by atoms with E-state index in [1.807, 2.05) is 6.92 Å². The topological polar surface area (TPSA) is 58.6 Å². The maximum Gasteiger partial charge on any atom is 0.264 e. The molecule has 2 amide bonds. The van der Waals surface area contributed by atoms with E-state index in [4.69, 9.17) is 16.3 Å². The van der Waals surface area contributed by atoms with Gasteiger partial charge in [0.25, 0.3) is 11.8 Å². The molecule has 1 N–H and O–H groups in total. The third kappa shape index (κ3) is 5.14. The number of fused-ring (bicyclic) bond motifs is 1. The monoisotopic (exact) mass is 470 g/mol. The molecule has 3 aromatic carbocycles. The van der Waals surface area contributed by atoms with Gasteiger partial charge in [0.2, 0.25) is 0 Å². The van der Waals surface area contributed by atoms with Gasteiger partial charge in [-0.25, -0.2) is 8.78 Å². The van der Waals surface area contributed by atoms with Gasteiger partial charge in [-0.2, -0.15) is 0 Å². The molecule has 4 rings (SSSR count). The van der Waals surface area contributed by atoms with Gasteiger partial charge in [-0.15, -0.1) is 0 Å². The van der Waals surface area contributed by atoms with Crippen molar-refractivity contribution in [3.05, 3.63) is 94.0 Å².